The molecular formula is C4H8N2O. The molecule has 0 spiro atoms. The SMILES string of the molecule is C/C(N)=C(\O)C=N. The average Bonchev–Trinajstić information content (AvgIpc) is 1.65. The van der Waals surface area contributed by atoms with Gasteiger partial charge in [-0.25, -0.2) is 0 Å². The molecular weight excluding hydrogens is 92.1 g/mol. The minimum atomic E-state index is -0.167. The maximum Gasteiger partial charge on any atom is 0.151 e. The second-order valence-corrected chi connectivity index (χ2v) is 1.21. The first-order valence-corrected chi connectivity index (χ1v) is 1.84. The molecule has 0 unspecified atom stereocenters. The van der Waals surface area contributed by atoms with Gasteiger partial charge in [-0.05, 0) is 6.92 Å². The highest BCUT2D eigenvalue weighted by molar-refractivity contribution is 5.72. The lowest BCUT2D eigenvalue weighted by atomic mass is 10.4. The Balaban J connectivity index is 3.98. The smallest absolute Gasteiger partial charge is 0.151 e. The fourth-order valence-corrected chi connectivity index (χ4v) is 0.114. The van der Waals surface area contributed by atoms with Crippen LogP contribution in [0, 0.1) is 5.41 Å². The van der Waals surface area contributed by atoms with Crippen LogP contribution < -0.4 is 5.73 Å². The van der Waals surface area contributed by atoms with Crippen molar-refractivity contribution in [2.45, 2.75) is 6.92 Å². The maximum absolute atomic E-state index is 8.45. The number of nitrogens with two attached hydrogens (primary N) is 1. The molecule has 0 saturated heterocycles. The number of aliphatic hydroxyl groups excluding tert-OH is 1. The van der Waals surface area contributed by atoms with E-state index in [1.165, 1.54) is 6.92 Å². The Morgan fingerprint density at radius 3 is 2.29 bits per heavy atom. The van der Waals surface area contributed by atoms with E-state index in [9.17, 15) is 0 Å². The van der Waals surface area contributed by atoms with Gasteiger partial charge in [0.15, 0.2) is 5.76 Å². The molecule has 40 valence electrons. The third-order valence-corrected chi connectivity index (χ3v) is 0.541. The molecule has 0 heterocycles. The fraction of sp³-hybridized carbons (Fsp3) is 0.250. The van der Waals surface area contributed by atoms with Gasteiger partial charge in [0, 0.05) is 5.70 Å². The third-order valence-electron chi connectivity index (χ3n) is 0.541. The summed E-state index contributed by atoms with van der Waals surface area (Å²) in [5, 5.41) is 14.9. The molecule has 0 radical (unpaired) electrons. The summed E-state index contributed by atoms with van der Waals surface area (Å²) >= 11 is 0. The van der Waals surface area contributed by atoms with Crippen LogP contribution in [0.1, 0.15) is 6.92 Å². The summed E-state index contributed by atoms with van der Waals surface area (Å²) in [5.74, 6) is -0.167. The first-order chi connectivity index (χ1) is 3.18. The van der Waals surface area contributed by atoms with Crippen molar-refractivity contribution in [1.82, 2.24) is 0 Å². The van der Waals surface area contributed by atoms with Gasteiger partial charge in [-0.1, -0.05) is 0 Å². The molecule has 0 rings (SSSR count). The molecule has 0 amide bonds. The Morgan fingerprint density at radius 1 is 1.86 bits per heavy atom. The van der Waals surface area contributed by atoms with Crippen LogP contribution in [0.5, 0.6) is 0 Å². The lowest BCUT2D eigenvalue weighted by Gasteiger charge is -1.88. The number of rotatable bonds is 1. The minimum absolute atomic E-state index is 0.167. The molecule has 3 nitrogen and oxygen atoms in total. The summed E-state index contributed by atoms with van der Waals surface area (Å²) in [4.78, 5) is 0. The molecule has 0 aromatic heterocycles. The lowest BCUT2D eigenvalue weighted by Crippen LogP contribution is -1.97. The number of hydrogen-bond acceptors (Lipinski definition) is 3. The molecule has 3 heteroatoms. The van der Waals surface area contributed by atoms with E-state index in [2.05, 4.69) is 0 Å². The van der Waals surface area contributed by atoms with Crippen molar-refractivity contribution in [3.63, 3.8) is 0 Å². The van der Waals surface area contributed by atoms with Crippen LogP contribution in [0.15, 0.2) is 11.5 Å². The van der Waals surface area contributed by atoms with E-state index < -0.39 is 0 Å². The first-order valence-electron chi connectivity index (χ1n) is 1.84. The van der Waals surface area contributed by atoms with Gasteiger partial charge in [0.25, 0.3) is 0 Å². The topological polar surface area (TPSA) is 70.1 Å². The number of hydrogen-bond donors (Lipinski definition) is 3. The normalized spacial score (nSPS) is 12.7. The number of aliphatic hydroxyl groups is 1. The highest BCUT2D eigenvalue weighted by atomic mass is 16.3. The molecule has 0 aromatic rings. The van der Waals surface area contributed by atoms with Gasteiger partial charge in [0.2, 0.25) is 0 Å². The second-order valence-electron chi connectivity index (χ2n) is 1.21. The van der Waals surface area contributed by atoms with Crippen LogP contribution >= 0.6 is 0 Å². The molecule has 0 bridgehead atoms. The van der Waals surface area contributed by atoms with E-state index in [4.69, 9.17) is 16.2 Å². The Morgan fingerprint density at radius 2 is 2.29 bits per heavy atom. The third kappa shape index (κ3) is 1.81. The largest absolute Gasteiger partial charge is 0.505 e. The van der Waals surface area contributed by atoms with Gasteiger partial charge >= 0.3 is 0 Å². The molecule has 0 aliphatic rings. The molecule has 7 heavy (non-hydrogen) atoms. The predicted molar refractivity (Wildman–Crippen MR) is 28.3 cm³/mol. The van der Waals surface area contributed by atoms with Gasteiger partial charge in [-0.3, -0.25) is 0 Å². The van der Waals surface area contributed by atoms with Gasteiger partial charge in [0.1, 0.15) is 0 Å². The van der Waals surface area contributed by atoms with Crippen molar-refractivity contribution < 1.29 is 5.11 Å². The van der Waals surface area contributed by atoms with Crippen LogP contribution in [0.25, 0.3) is 0 Å². The maximum atomic E-state index is 8.45. The van der Waals surface area contributed by atoms with E-state index in [1.54, 1.807) is 0 Å². The van der Waals surface area contributed by atoms with Crippen LogP contribution in [0.2, 0.25) is 0 Å². The summed E-state index contributed by atoms with van der Waals surface area (Å²) < 4.78 is 0. The highest BCUT2D eigenvalue weighted by Gasteiger charge is 1.84. The zero-order valence-electron chi connectivity index (χ0n) is 4.10. The van der Waals surface area contributed by atoms with E-state index >= 15 is 0 Å². The van der Waals surface area contributed by atoms with E-state index in [0.717, 1.165) is 6.21 Å². The van der Waals surface area contributed by atoms with E-state index in [-0.39, 0.29) is 11.5 Å². The predicted octanol–water partition coefficient (Wildman–Crippen LogP) is 0.384. The molecule has 0 aliphatic heterocycles. The van der Waals surface area contributed by atoms with Gasteiger partial charge in [0.05, 0.1) is 6.21 Å². The Labute approximate surface area is 42.0 Å². The Kier molecular flexibility index (Phi) is 1.91. The van der Waals surface area contributed by atoms with E-state index in [0.29, 0.717) is 0 Å². The van der Waals surface area contributed by atoms with Crippen molar-refractivity contribution in [3.8, 4) is 0 Å². The molecule has 0 atom stereocenters. The Bertz CT molecular complexity index is 102. The summed E-state index contributed by atoms with van der Waals surface area (Å²) in [5.41, 5.74) is 5.30. The van der Waals surface area contributed by atoms with Crippen molar-refractivity contribution in [2.75, 3.05) is 0 Å². The van der Waals surface area contributed by atoms with Gasteiger partial charge in [-0.15, -0.1) is 0 Å². The van der Waals surface area contributed by atoms with Crippen molar-refractivity contribution in [1.29, 1.82) is 5.41 Å². The minimum Gasteiger partial charge on any atom is -0.505 e. The number of nitrogens with one attached hydrogen (secondary N) is 1. The summed E-state index contributed by atoms with van der Waals surface area (Å²) in [7, 11) is 0. The lowest BCUT2D eigenvalue weighted by molar-refractivity contribution is 0.438. The van der Waals surface area contributed by atoms with Crippen LogP contribution in [-0.2, 0) is 0 Å². The van der Waals surface area contributed by atoms with Gasteiger partial charge in [-0.2, -0.15) is 0 Å². The van der Waals surface area contributed by atoms with E-state index in [1.807, 2.05) is 0 Å². The Hall–Kier alpha value is -0.990. The fourth-order valence-electron chi connectivity index (χ4n) is 0.114. The van der Waals surface area contributed by atoms with Crippen LogP contribution in [0.4, 0.5) is 0 Å². The summed E-state index contributed by atoms with van der Waals surface area (Å²) in [6.07, 6.45) is 0.801. The summed E-state index contributed by atoms with van der Waals surface area (Å²) in [6.45, 7) is 1.53. The molecule has 0 fully saturated rings. The molecule has 0 aromatic carbocycles. The first kappa shape index (κ1) is 6.01. The van der Waals surface area contributed by atoms with Crippen molar-refractivity contribution in [2.24, 2.45) is 5.73 Å². The van der Waals surface area contributed by atoms with Crippen molar-refractivity contribution >= 4 is 6.21 Å². The molecule has 0 saturated carbocycles. The van der Waals surface area contributed by atoms with Crippen LogP contribution in [0.3, 0.4) is 0 Å². The zero-order chi connectivity index (χ0) is 5.86. The van der Waals surface area contributed by atoms with Crippen molar-refractivity contribution in [3.05, 3.63) is 11.5 Å². The average molecular weight is 100 g/mol. The quantitative estimate of drug-likeness (QED) is 0.329. The zero-order valence-corrected chi connectivity index (χ0v) is 4.10. The monoisotopic (exact) mass is 100 g/mol. The second kappa shape index (κ2) is 2.23. The van der Waals surface area contributed by atoms with Crippen LogP contribution in [-0.4, -0.2) is 11.3 Å². The van der Waals surface area contributed by atoms with Gasteiger partial charge < -0.3 is 16.2 Å². The molecule has 0 aliphatic carbocycles. The standard InChI is InChI=1S/C4H8N2O/c1-3(6)4(7)2-5/h2,5,7H,6H2,1H3/b4-3+,5-2?. The summed E-state index contributed by atoms with van der Waals surface area (Å²) in [6, 6.07) is 0. The number of allylic oxidation sites excluding steroid dienone is 2. The highest BCUT2D eigenvalue weighted by Crippen LogP contribution is 1.84. The molecule has 4 N–H and O–H groups in total.